The Balaban J connectivity index is 2.80. The highest BCUT2D eigenvalue weighted by Gasteiger charge is 2.27. The molecule has 20 heavy (non-hydrogen) atoms. The molecule has 0 saturated heterocycles. The number of amides is 1. The lowest BCUT2D eigenvalue weighted by Gasteiger charge is -2.35. The summed E-state index contributed by atoms with van der Waals surface area (Å²) in [5.41, 5.74) is 0.988. The van der Waals surface area contributed by atoms with Crippen LogP contribution in [0.1, 0.15) is 52.9 Å². The van der Waals surface area contributed by atoms with Gasteiger partial charge in [0.1, 0.15) is 0 Å². The molecule has 1 amide bonds. The molecule has 0 radical (unpaired) electrons. The zero-order valence-electron chi connectivity index (χ0n) is 13.1. The van der Waals surface area contributed by atoms with Crippen molar-refractivity contribution in [1.82, 2.24) is 4.90 Å². The van der Waals surface area contributed by atoms with Crippen molar-refractivity contribution in [2.24, 2.45) is 5.92 Å². The van der Waals surface area contributed by atoms with E-state index in [-0.39, 0.29) is 23.8 Å². The summed E-state index contributed by atoms with van der Waals surface area (Å²) >= 11 is 0. The summed E-state index contributed by atoms with van der Waals surface area (Å²) in [5.74, 6) is -0.514. The number of nitrogens with zero attached hydrogens (tertiary/aromatic N) is 1. The Morgan fingerprint density at radius 3 is 2.35 bits per heavy atom. The Morgan fingerprint density at radius 1 is 1.25 bits per heavy atom. The Hall–Kier alpha value is -1.32. The molecular formula is C16H27NO3. The van der Waals surface area contributed by atoms with Crippen LogP contribution in [-0.2, 0) is 14.3 Å². The topological polar surface area (TPSA) is 46.6 Å². The van der Waals surface area contributed by atoms with Gasteiger partial charge < -0.3 is 9.64 Å². The van der Waals surface area contributed by atoms with E-state index in [4.69, 9.17) is 4.74 Å². The molecule has 1 rings (SSSR count). The van der Waals surface area contributed by atoms with Crippen molar-refractivity contribution in [3.63, 3.8) is 0 Å². The molecule has 0 bridgehead atoms. The minimum Gasteiger partial charge on any atom is -0.469 e. The molecule has 0 spiro atoms. The third-order valence-corrected chi connectivity index (χ3v) is 3.78. The molecular weight excluding hydrogens is 254 g/mol. The average molecular weight is 281 g/mol. The highest BCUT2D eigenvalue weighted by Crippen LogP contribution is 2.24. The fraction of sp³-hybridized carbons (Fsp3) is 0.750. The van der Waals surface area contributed by atoms with Crippen LogP contribution in [0.25, 0.3) is 0 Å². The summed E-state index contributed by atoms with van der Waals surface area (Å²) in [4.78, 5) is 25.9. The first kappa shape index (κ1) is 16.7. The van der Waals surface area contributed by atoms with Gasteiger partial charge in [-0.05, 0) is 26.7 Å². The van der Waals surface area contributed by atoms with Crippen molar-refractivity contribution < 1.29 is 14.3 Å². The van der Waals surface area contributed by atoms with Gasteiger partial charge in [0.2, 0.25) is 5.91 Å². The molecule has 0 aromatic heterocycles. The Morgan fingerprint density at radius 2 is 1.85 bits per heavy atom. The summed E-state index contributed by atoms with van der Waals surface area (Å²) in [6, 6.07) is 0.263. The quantitative estimate of drug-likeness (QED) is 0.575. The molecule has 0 N–H and O–H groups in total. The maximum atomic E-state index is 12.4. The smallest absolute Gasteiger partial charge is 0.310 e. The predicted octanol–water partition coefficient (Wildman–Crippen LogP) is 2.92. The van der Waals surface area contributed by atoms with Crippen LogP contribution in [0.5, 0.6) is 0 Å². The number of esters is 1. The third-order valence-electron chi connectivity index (χ3n) is 3.78. The van der Waals surface area contributed by atoms with Gasteiger partial charge in [0.25, 0.3) is 0 Å². The predicted molar refractivity (Wildman–Crippen MR) is 79.2 cm³/mol. The van der Waals surface area contributed by atoms with Crippen LogP contribution in [0.2, 0.25) is 0 Å². The molecule has 0 aromatic rings. The largest absolute Gasteiger partial charge is 0.469 e. The summed E-state index contributed by atoms with van der Waals surface area (Å²) in [6.07, 6.45) is 7.31. The van der Waals surface area contributed by atoms with E-state index in [1.54, 1.807) is 6.08 Å². The number of allylic oxidation sites excluding steroid dienone is 1. The zero-order valence-corrected chi connectivity index (χ0v) is 13.1. The number of methoxy groups -OCH3 is 1. The first-order valence-corrected chi connectivity index (χ1v) is 7.49. The van der Waals surface area contributed by atoms with E-state index in [1.165, 1.54) is 13.5 Å². The fourth-order valence-corrected chi connectivity index (χ4v) is 2.71. The van der Waals surface area contributed by atoms with Crippen LogP contribution >= 0.6 is 0 Å². The monoisotopic (exact) mass is 281 g/mol. The highest BCUT2D eigenvalue weighted by molar-refractivity contribution is 5.88. The van der Waals surface area contributed by atoms with Crippen molar-refractivity contribution >= 4 is 11.9 Å². The lowest BCUT2D eigenvalue weighted by molar-refractivity contribution is -0.146. The normalized spacial score (nSPS) is 17.2. The zero-order chi connectivity index (χ0) is 15.1. The molecule has 0 heterocycles. The van der Waals surface area contributed by atoms with E-state index >= 15 is 0 Å². The number of carbonyl (C=O) groups excluding carboxylic acids is 2. The number of hydrogen-bond acceptors (Lipinski definition) is 3. The molecule has 4 nitrogen and oxygen atoms in total. The molecule has 1 fully saturated rings. The molecule has 1 aliphatic carbocycles. The van der Waals surface area contributed by atoms with Crippen LogP contribution in [0.15, 0.2) is 11.6 Å². The van der Waals surface area contributed by atoms with Crippen molar-refractivity contribution in [3.05, 3.63) is 11.6 Å². The van der Waals surface area contributed by atoms with Gasteiger partial charge in [-0.15, -0.1) is 0 Å². The molecule has 0 aliphatic heterocycles. The first-order chi connectivity index (χ1) is 9.45. The lowest BCUT2D eigenvalue weighted by Crippen LogP contribution is -2.44. The second-order valence-corrected chi connectivity index (χ2v) is 5.93. The molecule has 114 valence electrons. The maximum absolute atomic E-state index is 12.4. The second kappa shape index (κ2) is 8.08. The molecule has 1 atom stereocenters. The summed E-state index contributed by atoms with van der Waals surface area (Å²) in [5, 5.41) is 0. The molecule has 0 aromatic carbocycles. The van der Waals surface area contributed by atoms with Crippen molar-refractivity contribution in [2.75, 3.05) is 13.7 Å². The Bertz CT molecular complexity index is 366. The van der Waals surface area contributed by atoms with Gasteiger partial charge in [0.15, 0.2) is 0 Å². The van der Waals surface area contributed by atoms with E-state index < -0.39 is 0 Å². The van der Waals surface area contributed by atoms with E-state index in [0.717, 1.165) is 31.3 Å². The Labute approximate surface area is 122 Å². The number of ether oxygens (including phenoxy) is 1. The van der Waals surface area contributed by atoms with Gasteiger partial charge >= 0.3 is 5.97 Å². The number of carbonyl (C=O) groups is 2. The summed E-state index contributed by atoms with van der Waals surface area (Å²) in [7, 11) is 1.39. The molecule has 1 aliphatic rings. The SMILES string of the molecule is COC(=O)C(C)CN(C(=O)C=C(C)C)C1CCCCC1. The van der Waals surface area contributed by atoms with Crippen LogP contribution in [0.4, 0.5) is 0 Å². The number of rotatable bonds is 5. The standard InChI is InChI=1S/C16H27NO3/c1-12(2)10-15(18)17(11-13(3)16(19)20-4)14-8-6-5-7-9-14/h10,13-14H,5-9,11H2,1-4H3. The van der Waals surface area contributed by atoms with Crippen LogP contribution < -0.4 is 0 Å². The highest BCUT2D eigenvalue weighted by atomic mass is 16.5. The molecule has 1 unspecified atom stereocenters. The number of hydrogen-bond donors (Lipinski definition) is 0. The third kappa shape index (κ3) is 4.99. The Kier molecular flexibility index (Phi) is 6.76. The van der Waals surface area contributed by atoms with Crippen LogP contribution in [0.3, 0.4) is 0 Å². The average Bonchev–Trinajstić information content (AvgIpc) is 2.43. The van der Waals surface area contributed by atoms with Gasteiger partial charge in [-0.2, -0.15) is 0 Å². The van der Waals surface area contributed by atoms with Crippen LogP contribution in [-0.4, -0.2) is 36.5 Å². The minimum absolute atomic E-state index is 0.0210. The van der Waals surface area contributed by atoms with Crippen molar-refractivity contribution in [3.8, 4) is 0 Å². The van der Waals surface area contributed by atoms with E-state index in [2.05, 4.69) is 0 Å². The first-order valence-electron chi connectivity index (χ1n) is 7.49. The molecule has 4 heteroatoms. The van der Waals surface area contributed by atoms with Crippen LogP contribution in [0, 0.1) is 5.92 Å². The van der Waals surface area contributed by atoms with Gasteiger partial charge in [-0.25, -0.2) is 0 Å². The van der Waals surface area contributed by atoms with E-state index in [1.807, 2.05) is 25.7 Å². The summed E-state index contributed by atoms with van der Waals surface area (Å²) in [6.45, 7) is 6.10. The van der Waals surface area contributed by atoms with Gasteiger partial charge in [-0.3, -0.25) is 9.59 Å². The van der Waals surface area contributed by atoms with Crippen molar-refractivity contribution in [1.29, 1.82) is 0 Å². The van der Waals surface area contributed by atoms with Gasteiger partial charge in [0.05, 0.1) is 13.0 Å². The van der Waals surface area contributed by atoms with E-state index in [9.17, 15) is 9.59 Å². The lowest BCUT2D eigenvalue weighted by atomic mass is 9.93. The fourth-order valence-electron chi connectivity index (χ4n) is 2.71. The minimum atomic E-state index is -0.281. The maximum Gasteiger partial charge on any atom is 0.310 e. The summed E-state index contributed by atoms with van der Waals surface area (Å²) < 4.78 is 4.77. The second-order valence-electron chi connectivity index (χ2n) is 5.93. The van der Waals surface area contributed by atoms with E-state index in [0.29, 0.717) is 6.54 Å². The molecule has 1 saturated carbocycles. The van der Waals surface area contributed by atoms with Gasteiger partial charge in [-0.1, -0.05) is 31.8 Å². The van der Waals surface area contributed by atoms with Gasteiger partial charge in [0, 0.05) is 18.7 Å². The van der Waals surface area contributed by atoms with Crippen molar-refractivity contribution in [2.45, 2.75) is 58.9 Å².